The highest BCUT2D eigenvalue weighted by Crippen LogP contribution is 2.25. The van der Waals surface area contributed by atoms with Gasteiger partial charge in [0.15, 0.2) is 5.11 Å². The number of hydrogen-bond donors (Lipinski definition) is 2. The highest BCUT2D eigenvalue weighted by atomic mass is 32.1. The summed E-state index contributed by atoms with van der Waals surface area (Å²) in [5.74, 6) is 0. The van der Waals surface area contributed by atoms with E-state index in [0.29, 0.717) is 12.6 Å². The van der Waals surface area contributed by atoms with Crippen molar-refractivity contribution in [3.8, 4) is 0 Å². The Morgan fingerprint density at radius 2 is 1.93 bits per heavy atom. The molecular weight excluding hydrogens is 394 g/mol. The van der Waals surface area contributed by atoms with Crippen LogP contribution in [0.1, 0.15) is 61.6 Å². The lowest BCUT2D eigenvalue weighted by atomic mass is 9.94. The average molecular weight is 428 g/mol. The fourth-order valence-corrected chi connectivity index (χ4v) is 5.08. The molecule has 2 N–H and O–H groups in total. The van der Waals surface area contributed by atoms with Crippen LogP contribution >= 0.6 is 12.2 Å². The standard InChI is InChI=1S/C24H33N3O2S/c1-16-10-11-17(2)22-21(16)13-18(23(28)26-22)15-27(19-7-4-3-5-8-19)24(30)25-14-20-9-6-12-29-20/h10-11,13,19-20H,3-9,12,14-15H2,1-2H3,(H,25,30)(H,26,28). The van der Waals surface area contributed by atoms with Gasteiger partial charge in [-0.15, -0.1) is 0 Å². The molecule has 0 amide bonds. The molecule has 1 atom stereocenters. The highest BCUT2D eigenvalue weighted by Gasteiger charge is 2.25. The number of nitrogens with one attached hydrogen (secondary N) is 2. The molecule has 30 heavy (non-hydrogen) atoms. The van der Waals surface area contributed by atoms with Crippen molar-refractivity contribution in [1.82, 2.24) is 15.2 Å². The number of H-pyrrole nitrogens is 1. The molecule has 2 fully saturated rings. The maximum absolute atomic E-state index is 12.9. The number of hydrogen-bond acceptors (Lipinski definition) is 3. The number of nitrogens with zero attached hydrogens (tertiary/aromatic N) is 1. The van der Waals surface area contributed by atoms with Gasteiger partial charge in [-0.25, -0.2) is 0 Å². The largest absolute Gasteiger partial charge is 0.376 e. The van der Waals surface area contributed by atoms with Gasteiger partial charge in [0.1, 0.15) is 0 Å². The Balaban J connectivity index is 1.59. The summed E-state index contributed by atoms with van der Waals surface area (Å²) in [6, 6.07) is 6.63. The van der Waals surface area contributed by atoms with E-state index in [1.54, 1.807) is 0 Å². The Bertz CT molecular complexity index is 959. The van der Waals surface area contributed by atoms with Crippen LogP contribution in [0.5, 0.6) is 0 Å². The first kappa shape index (κ1) is 21.3. The molecule has 6 heteroatoms. The average Bonchev–Trinajstić information content (AvgIpc) is 3.28. The molecule has 1 unspecified atom stereocenters. The lowest BCUT2D eigenvalue weighted by Gasteiger charge is -2.36. The van der Waals surface area contributed by atoms with Crippen molar-refractivity contribution in [2.75, 3.05) is 13.2 Å². The number of rotatable bonds is 5. The van der Waals surface area contributed by atoms with E-state index in [0.717, 1.165) is 66.0 Å². The number of ether oxygens (including phenoxy) is 1. The number of thiocarbonyl (C=S) groups is 1. The summed E-state index contributed by atoms with van der Waals surface area (Å²) in [6.07, 6.45) is 8.44. The van der Waals surface area contributed by atoms with Crippen molar-refractivity contribution in [2.45, 2.75) is 77.5 Å². The Morgan fingerprint density at radius 1 is 1.17 bits per heavy atom. The van der Waals surface area contributed by atoms with Crippen molar-refractivity contribution in [3.05, 3.63) is 45.2 Å². The maximum Gasteiger partial charge on any atom is 0.253 e. The van der Waals surface area contributed by atoms with Gasteiger partial charge in [-0.05, 0) is 68.9 Å². The molecule has 1 aliphatic heterocycles. The Morgan fingerprint density at radius 3 is 2.67 bits per heavy atom. The first-order valence-electron chi connectivity index (χ1n) is 11.3. The van der Waals surface area contributed by atoms with Gasteiger partial charge in [0, 0.05) is 30.1 Å². The summed E-state index contributed by atoms with van der Waals surface area (Å²) < 4.78 is 5.74. The van der Waals surface area contributed by atoms with Crippen molar-refractivity contribution >= 4 is 28.2 Å². The summed E-state index contributed by atoms with van der Waals surface area (Å²) in [5.41, 5.74) is 3.97. The van der Waals surface area contributed by atoms with Gasteiger partial charge in [0.05, 0.1) is 18.2 Å². The molecule has 2 aliphatic rings. The fraction of sp³-hybridized carbons (Fsp3) is 0.583. The molecule has 2 heterocycles. The van der Waals surface area contributed by atoms with Crippen LogP contribution in [0.3, 0.4) is 0 Å². The second-order valence-corrected chi connectivity index (χ2v) is 9.24. The van der Waals surface area contributed by atoms with Crippen LogP contribution in [0, 0.1) is 13.8 Å². The highest BCUT2D eigenvalue weighted by molar-refractivity contribution is 7.80. The van der Waals surface area contributed by atoms with Crippen molar-refractivity contribution in [3.63, 3.8) is 0 Å². The van der Waals surface area contributed by atoms with E-state index in [4.69, 9.17) is 17.0 Å². The van der Waals surface area contributed by atoms with Crippen LogP contribution in [-0.2, 0) is 11.3 Å². The van der Waals surface area contributed by atoms with Gasteiger partial charge in [0.2, 0.25) is 0 Å². The summed E-state index contributed by atoms with van der Waals surface area (Å²) in [5, 5.41) is 5.30. The third-order valence-corrected chi connectivity index (χ3v) is 7.02. The van der Waals surface area contributed by atoms with E-state index in [1.807, 2.05) is 6.92 Å². The minimum atomic E-state index is -0.0149. The van der Waals surface area contributed by atoms with Crippen LogP contribution in [0.25, 0.3) is 10.9 Å². The molecule has 1 aliphatic carbocycles. The Kier molecular flexibility index (Phi) is 6.74. The molecule has 1 aromatic heterocycles. The van der Waals surface area contributed by atoms with Gasteiger partial charge in [-0.3, -0.25) is 4.79 Å². The number of pyridine rings is 1. The minimum absolute atomic E-state index is 0.0149. The molecule has 1 saturated carbocycles. The zero-order valence-electron chi connectivity index (χ0n) is 18.1. The van der Waals surface area contributed by atoms with Gasteiger partial charge >= 0.3 is 0 Å². The van der Waals surface area contributed by atoms with Crippen LogP contribution in [0.15, 0.2) is 23.0 Å². The molecule has 1 aromatic carbocycles. The van der Waals surface area contributed by atoms with Crippen molar-refractivity contribution < 1.29 is 4.74 Å². The number of aromatic nitrogens is 1. The summed E-state index contributed by atoms with van der Waals surface area (Å²) in [7, 11) is 0. The second kappa shape index (κ2) is 9.48. The van der Waals surface area contributed by atoms with Gasteiger partial charge in [0.25, 0.3) is 5.56 Å². The third-order valence-electron chi connectivity index (χ3n) is 6.64. The number of benzene rings is 1. The number of fused-ring (bicyclic) bond motifs is 1. The second-order valence-electron chi connectivity index (χ2n) is 8.85. The molecule has 162 valence electrons. The number of aryl methyl sites for hydroxylation is 2. The molecule has 0 bridgehead atoms. The van der Waals surface area contributed by atoms with Crippen LogP contribution < -0.4 is 10.9 Å². The topological polar surface area (TPSA) is 57.4 Å². The zero-order valence-corrected chi connectivity index (χ0v) is 18.9. The summed E-state index contributed by atoms with van der Waals surface area (Å²) >= 11 is 5.82. The van der Waals surface area contributed by atoms with Gasteiger partial charge in [-0.2, -0.15) is 0 Å². The van der Waals surface area contributed by atoms with Crippen LogP contribution in [-0.4, -0.2) is 40.3 Å². The molecule has 1 saturated heterocycles. The quantitative estimate of drug-likeness (QED) is 0.696. The van der Waals surface area contributed by atoms with Crippen molar-refractivity contribution in [1.29, 1.82) is 0 Å². The molecular formula is C24H33N3O2S. The van der Waals surface area contributed by atoms with Crippen LogP contribution in [0.2, 0.25) is 0 Å². The van der Waals surface area contributed by atoms with E-state index in [-0.39, 0.29) is 11.7 Å². The third kappa shape index (κ3) is 4.70. The van der Waals surface area contributed by atoms with E-state index in [1.165, 1.54) is 24.8 Å². The van der Waals surface area contributed by atoms with E-state index >= 15 is 0 Å². The smallest absolute Gasteiger partial charge is 0.253 e. The monoisotopic (exact) mass is 427 g/mol. The number of aromatic amines is 1. The minimum Gasteiger partial charge on any atom is -0.376 e. The molecule has 0 spiro atoms. The predicted octanol–water partition coefficient (Wildman–Crippen LogP) is 4.33. The normalized spacial score (nSPS) is 19.9. The van der Waals surface area contributed by atoms with E-state index < -0.39 is 0 Å². The Hall–Kier alpha value is -1.92. The maximum atomic E-state index is 12.9. The zero-order chi connectivity index (χ0) is 21.1. The summed E-state index contributed by atoms with van der Waals surface area (Å²) in [4.78, 5) is 18.3. The van der Waals surface area contributed by atoms with Gasteiger partial charge in [-0.1, -0.05) is 31.4 Å². The van der Waals surface area contributed by atoms with Crippen molar-refractivity contribution in [2.24, 2.45) is 0 Å². The lowest BCUT2D eigenvalue weighted by molar-refractivity contribution is 0.112. The molecule has 4 rings (SSSR count). The first-order chi connectivity index (χ1) is 14.5. The Labute approximate surface area is 184 Å². The van der Waals surface area contributed by atoms with Crippen LogP contribution in [0.4, 0.5) is 0 Å². The molecule has 2 aromatic rings. The first-order valence-corrected chi connectivity index (χ1v) is 11.7. The predicted molar refractivity (Wildman–Crippen MR) is 126 cm³/mol. The molecule has 5 nitrogen and oxygen atoms in total. The van der Waals surface area contributed by atoms with Gasteiger partial charge < -0.3 is 19.9 Å². The SMILES string of the molecule is Cc1ccc(C)c2[nH]c(=O)c(CN(C(=S)NCC3CCCO3)C3CCCCC3)cc12. The van der Waals surface area contributed by atoms with E-state index in [2.05, 4.69) is 40.3 Å². The summed E-state index contributed by atoms with van der Waals surface area (Å²) in [6.45, 7) is 6.26. The molecule has 0 radical (unpaired) electrons. The van der Waals surface area contributed by atoms with E-state index in [9.17, 15) is 4.79 Å². The lowest BCUT2D eigenvalue weighted by Crippen LogP contribution is -2.48. The fourth-order valence-electron chi connectivity index (χ4n) is 4.79.